The van der Waals surface area contributed by atoms with E-state index in [-0.39, 0.29) is 6.61 Å². The van der Waals surface area contributed by atoms with Gasteiger partial charge in [0, 0.05) is 24.8 Å². The van der Waals surface area contributed by atoms with E-state index in [1.807, 2.05) is 31.2 Å². The minimum Gasteiger partial charge on any atom is -0.494 e. The maximum Gasteiger partial charge on any atom is 0.119 e. The minimum absolute atomic E-state index is 0.224. The number of benzene rings is 1. The molecule has 0 amide bonds. The first-order chi connectivity index (χ1) is 8.17. The van der Waals surface area contributed by atoms with Crippen molar-refractivity contribution < 1.29 is 9.84 Å². The second kappa shape index (κ2) is 7.17. The summed E-state index contributed by atoms with van der Waals surface area (Å²) >= 11 is 0. The monoisotopic (exact) mass is 237 g/mol. The quantitative estimate of drug-likeness (QED) is 0.766. The molecule has 0 aliphatic rings. The number of rotatable bonds is 7. The molecule has 1 aromatic rings. The number of nitrogens with one attached hydrogen (secondary N) is 1. The maximum absolute atomic E-state index is 9.23. The van der Waals surface area contributed by atoms with Crippen molar-refractivity contribution in [3.8, 4) is 5.75 Å². The topological polar surface area (TPSA) is 41.5 Å². The highest BCUT2D eigenvalue weighted by atomic mass is 16.5. The number of hydrogen-bond acceptors (Lipinski definition) is 3. The summed E-state index contributed by atoms with van der Waals surface area (Å²) < 4.78 is 5.38. The van der Waals surface area contributed by atoms with Gasteiger partial charge in [-0.25, -0.2) is 0 Å². The lowest BCUT2D eigenvalue weighted by Crippen LogP contribution is -2.22. The van der Waals surface area contributed by atoms with Gasteiger partial charge in [-0.2, -0.15) is 0 Å². The Morgan fingerprint density at radius 2 is 1.88 bits per heavy atom. The van der Waals surface area contributed by atoms with E-state index in [1.54, 1.807) is 0 Å². The number of hydrogen-bond donors (Lipinski definition) is 2. The fourth-order valence-corrected chi connectivity index (χ4v) is 1.60. The third kappa shape index (κ3) is 4.65. The average molecular weight is 237 g/mol. The van der Waals surface area contributed by atoms with Gasteiger partial charge in [0.05, 0.1) is 6.61 Å². The molecule has 96 valence electrons. The Balaban J connectivity index is 2.46. The molecular weight excluding hydrogens is 214 g/mol. The Hall–Kier alpha value is -1.22. The second-order valence-corrected chi connectivity index (χ2v) is 4.52. The van der Waals surface area contributed by atoms with Crippen LogP contribution in [-0.2, 0) is 0 Å². The highest BCUT2D eigenvalue weighted by Gasteiger charge is 2.11. The Labute approximate surface area is 104 Å². The van der Waals surface area contributed by atoms with Crippen LogP contribution in [0.1, 0.15) is 20.8 Å². The molecule has 0 saturated heterocycles. The summed E-state index contributed by atoms with van der Waals surface area (Å²) in [6, 6.07) is 7.91. The summed E-state index contributed by atoms with van der Waals surface area (Å²) in [4.78, 5) is 0. The molecule has 0 radical (unpaired) electrons. The summed E-state index contributed by atoms with van der Waals surface area (Å²) in [5.41, 5.74) is 1.06. The number of aliphatic hydroxyl groups is 1. The molecule has 0 fully saturated rings. The van der Waals surface area contributed by atoms with Crippen LogP contribution in [0.2, 0.25) is 0 Å². The van der Waals surface area contributed by atoms with Crippen LogP contribution in [0.15, 0.2) is 24.3 Å². The van der Waals surface area contributed by atoms with Crippen molar-refractivity contribution in [2.24, 2.45) is 11.8 Å². The SMILES string of the molecule is CCOc1ccc(NCC(CO)C(C)C)cc1. The molecule has 0 aliphatic heterocycles. The van der Waals surface area contributed by atoms with Crippen LogP contribution in [-0.4, -0.2) is 24.9 Å². The van der Waals surface area contributed by atoms with Crippen LogP contribution >= 0.6 is 0 Å². The first-order valence-electron chi connectivity index (χ1n) is 6.25. The molecule has 1 aromatic carbocycles. The van der Waals surface area contributed by atoms with E-state index in [4.69, 9.17) is 4.74 Å². The van der Waals surface area contributed by atoms with Gasteiger partial charge in [-0.05, 0) is 37.1 Å². The fraction of sp³-hybridized carbons (Fsp3) is 0.571. The van der Waals surface area contributed by atoms with Crippen LogP contribution in [0.25, 0.3) is 0 Å². The Morgan fingerprint density at radius 3 is 2.35 bits per heavy atom. The van der Waals surface area contributed by atoms with Crippen LogP contribution in [0.4, 0.5) is 5.69 Å². The van der Waals surface area contributed by atoms with Gasteiger partial charge in [0.2, 0.25) is 0 Å². The molecule has 0 aromatic heterocycles. The zero-order valence-electron chi connectivity index (χ0n) is 10.9. The molecule has 1 atom stereocenters. The lowest BCUT2D eigenvalue weighted by atomic mass is 9.97. The van der Waals surface area contributed by atoms with E-state index >= 15 is 0 Å². The summed E-state index contributed by atoms with van der Waals surface area (Å²) in [5, 5.41) is 12.6. The van der Waals surface area contributed by atoms with E-state index in [0.717, 1.165) is 18.0 Å². The van der Waals surface area contributed by atoms with Crippen molar-refractivity contribution in [1.82, 2.24) is 0 Å². The summed E-state index contributed by atoms with van der Waals surface area (Å²) in [6.07, 6.45) is 0. The van der Waals surface area contributed by atoms with Crippen LogP contribution in [0.5, 0.6) is 5.75 Å². The Bertz CT molecular complexity index is 309. The summed E-state index contributed by atoms with van der Waals surface area (Å²) in [7, 11) is 0. The van der Waals surface area contributed by atoms with Crippen molar-refractivity contribution in [3.63, 3.8) is 0 Å². The number of anilines is 1. The molecule has 0 heterocycles. The van der Waals surface area contributed by atoms with Gasteiger partial charge in [-0.15, -0.1) is 0 Å². The summed E-state index contributed by atoms with van der Waals surface area (Å²) in [5.74, 6) is 1.66. The van der Waals surface area contributed by atoms with Crippen LogP contribution < -0.4 is 10.1 Å². The van der Waals surface area contributed by atoms with E-state index in [2.05, 4.69) is 19.2 Å². The predicted molar refractivity (Wildman–Crippen MR) is 71.5 cm³/mol. The summed E-state index contributed by atoms with van der Waals surface area (Å²) in [6.45, 7) is 7.93. The van der Waals surface area contributed by atoms with Gasteiger partial charge in [0.25, 0.3) is 0 Å². The van der Waals surface area contributed by atoms with E-state index in [0.29, 0.717) is 18.4 Å². The largest absolute Gasteiger partial charge is 0.494 e. The van der Waals surface area contributed by atoms with Gasteiger partial charge in [-0.1, -0.05) is 13.8 Å². The molecule has 3 heteroatoms. The van der Waals surface area contributed by atoms with Crippen molar-refractivity contribution in [2.75, 3.05) is 25.1 Å². The van der Waals surface area contributed by atoms with E-state index in [9.17, 15) is 5.11 Å². The molecule has 0 aliphatic carbocycles. The zero-order valence-corrected chi connectivity index (χ0v) is 10.9. The predicted octanol–water partition coefficient (Wildman–Crippen LogP) is 2.76. The highest BCUT2D eigenvalue weighted by molar-refractivity contribution is 5.46. The van der Waals surface area contributed by atoms with E-state index in [1.165, 1.54) is 0 Å². The molecule has 3 nitrogen and oxygen atoms in total. The third-order valence-corrected chi connectivity index (χ3v) is 2.91. The maximum atomic E-state index is 9.23. The molecule has 0 saturated carbocycles. The van der Waals surface area contributed by atoms with Crippen molar-refractivity contribution in [2.45, 2.75) is 20.8 Å². The molecule has 0 spiro atoms. The van der Waals surface area contributed by atoms with Gasteiger partial charge < -0.3 is 15.2 Å². The van der Waals surface area contributed by atoms with Crippen molar-refractivity contribution in [3.05, 3.63) is 24.3 Å². The lowest BCUT2D eigenvalue weighted by Gasteiger charge is -2.19. The molecule has 0 bridgehead atoms. The van der Waals surface area contributed by atoms with Crippen molar-refractivity contribution in [1.29, 1.82) is 0 Å². The first-order valence-corrected chi connectivity index (χ1v) is 6.25. The smallest absolute Gasteiger partial charge is 0.119 e. The normalized spacial score (nSPS) is 12.5. The minimum atomic E-state index is 0.224. The Morgan fingerprint density at radius 1 is 1.24 bits per heavy atom. The van der Waals surface area contributed by atoms with Gasteiger partial charge >= 0.3 is 0 Å². The van der Waals surface area contributed by atoms with Crippen LogP contribution in [0.3, 0.4) is 0 Å². The number of aliphatic hydroxyl groups excluding tert-OH is 1. The molecule has 2 N–H and O–H groups in total. The highest BCUT2D eigenvalue weighted by Crippen LogP contribution is 2.17. The zero-order chi connectivity index (χ0) is 12.7. The molecule has 1 rings (SSSR count). The van der Waals surface area contributed by atoms with Gasteiger partial charge in [0.15, 0.2) is 0 Å². The second-order valence-electron chi connectivity index (χ2n) is 4.52. The first kappa shape index (κ1) is 13.8. The van der Waals surface area contributed by atoms with Crippen LogP contribution in [0, 0.1) is 11.8 Å². The average Bonchev–Trinajstić information content (AvgIpc) is 2.32. The lowest BCUT2D eigenvalue weighted by molar-refractivity contribution is 0.198. The standard InChI is InChI=1S/C14H23NO2/c1-4-17-14-7-5-13(6-8-14)15-9-12(10-16)11(2)3/h5-8,11-12,15-16H,4,9-10H2,1-3H3. The third-order valence-electron chi connectivity index (χ3n) is 2.91. The van der Waals surface area contributed by atoms with Gasteiger partial charge in [-0.3, -0.25) is 0 Å². The Kier molecular flexibility index (Phi) is 5.84. The fourth-order valence-electron chi connectivity index (χ4n) is 1.60. The molecular formula is C14H23NO2. The van der Waals surface area contributed by atoms with Crippen molar-refractivity contribution >= 4 is 5.69 Å². The van der Waals surface area contributed by atoms with E-state index < -0.39 is 0 Å². The molecule has 1 unspecified atom stereocenters. The molecule has 17 heavy (non-hydrogen) atoms. The number of ether oxygens (including phenoxy) is 1. The van der Waals surface area contributed by atoms with Gasteiger partial charge in [0.1, 0.15) is 5.75 Å².